The number of hydrogen-bond acceptors (Lipinski definition) is 6. The molecule has 1 heterocycles. The summed E-state index contributed by atoms with van der Waals surface area (Å²) in [5.74, 6) is -1.41. The zero-order valence-electron chi connectivity index (χ0n) is 20.3. The number of nitro groups is 1. The highest BCUT2D eigenvalue weighted by atomic mass is 35.5. The molecule has 0 aliphatic carbocycles. The molecular weight excluding hydrogens is 518 g/mol. The second-order valence-corrected chi connectivity index (χ2v) is 8.95. The van der Waals surface area contributed by atoms with Crippen LogP contribution in [0.15, 0.2) is 109 Å². The summed E-state index contributed by atoms with van der Waals surface area (Å²) in [4.78, 5) is 42.4. The minimum Gasteiger partial charge on any atom is -0.444 e. The van der Waals surface area contributed by atoms with Gasteiger partial charge in [-0.15, -0.1) is 0 Å². The number of rotatable bonds is 7. The third kappa shape index (κ3) is 5.61. The van der Waals surface area contributed by atoms with E-state index in [-0.39, 0.29) is 22.0 Å². The highest BCUT2D eigenvalue weighted by Gasteiger charge is 2.28. The number of carbonyl (C=O) groups is 2. The van der Waals surface area contributed by atoms with Crippen LogP contribution in [0.2, 0.25) is 5.02 Å². The van der Waals surface area contributed by atoms with Crippen LogP contribution < -0.4 is 5.32 Å². The predicted octanol–water partition coefficient (Wildman–Crippen LogP) is 7.00. The van der Waals surface area contributed by atoms with Gasteiger partial charge in [0.05, 0.1) is 21.7 Å². The molecule has 4 aromatic carbocycles. The van der Waals surface area contributed by atoms with Crippen LogP contribution in [0.4, 0.5) is 11.4 Å². The summed E-state index contributed by atoms with van der Waals surface area (Å²) in [7, 11) is 0. The molecule has 8 nitrogen and oxygen atoms in total. The summed E-state index contributed by atoms with van der Waals surface area (Å²) in [5, 5.41) is 14.4. The largest absolute Gasteiger partial charge is 0.444 e. The monoisotopic (exact) mass is 537 g/mol. The molecule has 1 N–H and O–H groups in total. The van der Waals surface area contributed by atoms with Gasteiger partial charge in [0, 0.05) is 28.3 Å². The number of nitrogens with one attached hydrogen (secondary N) is 1. The molecule has 9 heteroatoms. The lowest BCUT2D eigenvalue weighted by molar-refractivity contribution is -0.384. The molecule has 0 bridgehead atoms. The fraction of sp³-hybridized carbons (Fsp3) is 0.0333. The van der Waals surface area contributed by atoms with Crippen LogP contribution in [0.5, 0.6) is 0 Å². The molecule has 0 saturated carbocycles. The number of pyridine rings is 1. The lowest BCUT2D eigenvalue weighted by atomic mass is 10.0. The molecule has 0 aliphatic rings. The first-order valence-corrected chi connectivity index (χ1v) is 12.2. The van der Waals surface area contributed by atoms with Crippen molar-refractivity contribution in [2.24, 2.45) is 0 Å². The van der Waals surface area contributed by atoms with Gasteiger partial charge in [0.2, 0.25) is 6.10 Å². The fourth-order valence-electron chi connectivity index (χ4n) is 4.11. The van der Waals surface area contributed by atoms with Gasteiger partial charge < -0.3 is 10.1 Å². The summed E-state index contributed by atoms with van der Waals surface area (Å²) >= 11 is 5.90. The van der Waals surface area contributed by atoms with Crippen LogP contribution in [0.3, 0.4) is 0 Å². The topological polar surface area (TPSA) is 111 Å². The Bertz CT molecular complexity index is 1690. The Morgan fingerprint density at radius 1 is 0.872 bits per heavy atom. The van der Waals surface area contributed by atoms with Crippen molar-refractivity contribution in [3.63, 3.8) is 0 Å². The Morgan fingerprint density at radius 3 is 2.26 bits per heavy atom. The molecule has 1 unspecified atom stereocenters. The summed E-state index contributed by atoms with van der Waals surface area (Å²) in [6.07, 6.45) is -1.35. The molecule has 1 amide bonds. The second kappa shape index (κ2) is 11.1. The number of anilines is 1. The maximum Gasteiger partial charge on any atom is 0.340 e. The van der Waals surface area contributed by atoms with Gasteiger partial charge in [-0.3, -0.25) is 14.9 Å². The van der Waals surface area contributed by atoms with Gasteiger partial charge in [-0.25, -0.2) is 9.78 Å². The standard InChI is InChI=1S/C30H20ClN3O5/c31-24-16-15-21(17-27(24)34(37)38)32-29(35)28(20-11-5-2-6-12-20)39-30(36)23-18-26(19-9-3-1-4-10-19)33-25-14-8-7-13-22(23)25/h1-18,28H,(H,32,35). The van der Waals surface area contributed by atoms with Crippen molar-refractivity contribution in [3.8, 4) is 11.3 Å². The Balaban J connectivity index is 1.51. The Hall–Kier alpha value is -5.08. The van der Waals surface area contributed by atoms with Crippen LogP contribution >= 0.6 is 11.6 Å². The number of aromatic nitrogens is 1. The number of nitrogens with zero attached hydrogens (tertiary/aromatic N) is 2. The van der Waals surface area contributed by atoms with Crippen molar-refractivity contribution in [2.75, 3.05) is 5.32 Å². The SMILES string of the molecule is O=C(OC(C(=O)Nc1ccc(Cl)c([N+](=O)[O-])c1)c1ccccc1)c1cc(-c2ccccc2)nc2ccccc12. The van der Waals surface area contributed by atoms with Crippen LogP contribution in [-0.2, 0) is 9.53 Å². The molecule has 5 aromatic rings. The van der Waals surface area contributed by atoms with Gasteiger partial charge in [0.25, 0.3) is 11.6 Å². The summed E-state index contributed by atoms with van der Waals surface area (Å²) < 4.78 is 5.82. The van der Waals surface area contributed by atoms with E-state index in [1.54, 1.807) is 54.6 Å². The minimum absolute atomic E-state index is 0.0668. The van der Waals surface area contributed by atoms with E-state index in [4.69, 9.17) is 21.3 Å². The first kappa shape index (κ1) is 25.6. The average Bonchev–Trinajstić information content (AvgIpc) is 2.97. The molecule has 192 valence electrons. The smallest absolute Gasteiger partial charge is 0.340 e. The fourth-order valence-corrected chi connectivity index (χ4v) is 4.30. The summed E-state index contributed by atoms with van der Waals surface area (Å²) in [5.41, 5.74) is 2.44. The number of amides is 1. The normalized spacial score (nSPS) is 11.5. The van der Waals surface area contributed by atoms with Crippen LogP contribution in [0.1, 0.15) is 22.0 Å². The molecule has 1 atom stereocenters. The van der Waals surface area contributed by atoms with Gasteiger partial charge in [-0.1, -0.05) is 90.5 Å². The van der Waals surface area contributed by atoms with E-state index in [0.29, 0.717) is 22.2 Å². The molecule has 0 fully saturated rings. The van der Waals surface area contributed by atoms with E-state index >= 15 is 0 Å². The number of esters is 1. The summed E-state index contributed by atoms with van der Waals surface area (Å²) in [6, 6.07) is 30.6. The van der Waals surface area contributed by atoms with E-state index in [0.717, 1.165) is 11.6 Å². The molecular formula is C30H20ClN3O5. The van der Waals surface area contributed by atoms with Crippen LogP contribution in [0, 0.1) is 10.1 Å². The quantitative estimate of drug-likeness (QED) is 0.136. The number of halogens is 1. The summed E-state index contributed by atoms with van der Waals surface area (Å²) in [6.45, 7) is 0. The van der Waals surface area contributed by atoms with Gasteiger partial charge >= 0.3 is 5.97 Å². The molecule has 1 aromatic heterocycles. The number of hydrogen-bond donors (Lipinski definition) is 1. The number of nitro benzene ring substituents is 1. The third-order valence-electron chi connectivity index (χ3n) is 5.98. The number of benzene rings is 4. The first-order valence-electron chi connectivity index (χ1n) is 11.9. The molecule has 5 rings (SSSR count). The van der Waals surface area contributed by atoms with E-state index in [1.807, 2.05) is 36.4 Å². The lowest BCUT2D eigenvalue weighted by Gasteiger charge is -2.19. The Kier molecular flexibility index (Phi) is 7.29. The van der Waals surface area contributed by atoms with Crippen molar-refractivity contribution in [3.05, 3.63) is 135 Å². The number of carbonyl (C=O) groups excluding carboxylic acids is 2. The van der Waals surface area contributed by atoms with Gasteiger partial charge in [0.15, 0.2) is 0 Å². The maximum atomic E-state index is 13.6. The van der Waals surface area contributed by atoms with E-state index in [2.05, 4.69) is 5.32 Å². The third-order valence-corrected chi connectivity index (χ3v) is 6.30. The second-order valence-electron chi connectivity index (χ2n) is 8.55. The zero-order valence-corrected chi connectivity index (χ0v) is 21.0. The van der Waals surface area contributed by atoms with Crippen LogP contribution in [-0.4, -0.2) is 21.8 Å². The average molecular weight is 538 g/mol. The number of para-hydroxylation sites is 1. The molecule has 39 heavy (non-hydrogen) atoms. The predicted molar refractivity (Wildman–Crippen MR) is 149 cm³/mol. The molecule has 0 saturated heterocycles. The van der Waals surface area contributed by atoms with Crippen molar-refractivity contribution < 1.29 is 19.2 Å². The number of ether oxygens (including phenoxy) is 1. The maximum absolute atomic E-state index is 13.6. The van der Waals surface area contributed by atoms with Crippen LogP contribution in [0.25, 0.3) is 22.2 Å². The zero-order chi connectivity index (χ0) is 27.4. The van der Waals surface area contributed by atoms with Gasteiger partial charge in [-0.05, 0) is 24.3 Å². The minimum atomic E-state index is -1.35. The highest BCUT2D eigenvalue weighted by Crippen LogP contribution is 2.30. The van der Waals surface area contributed by atoms with Crippen molar-refractivity contribution in [1.82, 2.24) is 4.98 Å². The van der Waals surface area contributed by atoms with Gasteiger partial charge in [0.1, 0.15) is 5.02 Å². The van der Waals surface area contributed by atoms with Crippen molar-refractivity contribution >= 4 is 45.8 Å². The van der Waals surface area contributed by atoms with Gasteiger partial charge in [-0.2, -0.15) is 0 Å². The molecule has 0 spiro atoms. The number of fused-ring (bicyclic) bond motifs is 1. The van der Waals surface area contributed by atoms with E-state index in [9.17, 15) is 19.7 Å². The van der Waals surface area contributed by atoms with E-state index < -0.39 is 22.9 Å². The molecule has 0 aliphatic heterocycles. The molecule has 0 radical (unpaired) electrons. The highest BCUT2D eigenvalue weighted by molar-refractivity contribution is 6.32. The first-order chi connectivity index (χ1) is 18.9. The van der Waals surface area contributed by atoms with Crippen molar-refractivity contribution in [1.29, 1.82) is 0 Å². The van der Waals surface area contributed by atoms with E-state index in [1.165, 1.54) is 12.1 Å². The lowest BCUT2D eigenvalue weighted by Crippen LogP contribution is -2.26. The van der Waals surface area contributed by atoms with Crippen molar-refractivity contribution in [2.45, 2.75) is 6.10 Å². The Labute approximate surface area is 228 Å². The Morgan fingerprint density at radius 2 is 1.54 bits per heavy atom.